The quantitative estimate of drug-likeness (QED) is 0.834. The lowest BCUT2D eigenvalue weighted by Crippen LogP contribution is -2.44. The zero-order chi connectivity index (χ0) is 18.4. The lowest BCUT2D eigenvalue weighted by Gasteiger charge is -2.32. The Morgan fingerprint density at radius 3 is 2.46 bits per heavy atom. The number of hydrogen-bond acceptors (Lipinski definition) is 4. The minimum Gasteiger partial charge on any atom is -0.495 e. The Hall–Kier alpha value is -2.40. The summed E-state index contributed by atoms with van der Waals surface area (Å²) in [6.45, 7) is 1.61. The number of rotatable bonds is 6. The van der Waals surface area contributed by atoms with Crippen molar-refractivity contribution in [2.75, 3.05) is 32.1 Å². The SMILES string of the molecule is COc1ccccc1NCC(=O)N1CCC(Oc2ccccc2Cl)CC1. The number of likely N-dealkylation sites (tertiary alicyclic amines) is 1. The molecular weight excluding hydrogens is 352 g/mol. The molecule has 138 valence electrons. The van der Waals surface area contributed by atoms with Crippen molar-refractivity contribution < 1.29 is 14.3 Å². The van der Waals surface area contributed by atoms with Crippen molar-refractivity contribution in [2.24, 2.45) is 0 Å². The molecule has 1 fully saturated rings. The number of benzene rings is 2. The number of amides is 1. The van der Waals surface area contributed by atoms with Gasteiger partial charge in [-0.15, -0.1) is 0 Å². The van der Waals surface area contributed by atoms with Crippen molar-refractivity contribution in [1.82, 2.24) is 4.90 Å². The molecule has 2 aromatic rings. The van der Waals surface area contributed by atoms with Gasteiger partial charge in [-0.2, -0.15) is 0 Å². The highest BCUT2D eigenvalue weighted by atomic mass is 35.5. The number of nitrogens with zero attached hydrogens (tertiary/aromatic N) is 1. The van der Waals surface area contributed by atoms with Crippen molar-refractivity contribution in [3.8, 4) is 11.5 Å². The maximum Gasteiger partial charge on any atom is 0.241 e. The van der Waals surface area contributed by atoms with E-state index in [2.05, 4.69) is 5.32 Å². The second-order valence-electron chi connectivity index (χ2n) is 6.18. The fourth-order valence-corrected chi connectivity index (χ4v) is 3.20. The first-order chi connectivity index (χ1) is 12.7. The van der Waals surface area contributed by atoms with Gasteiger partial charge in [0.15, 0.2) is 0 Å². The molecule has 1 N–H and O–H groups in total. The summed E-state index contributed by atoms with van der Waals surface area (Å²) in [7, 11) is 1.62. The molecular formula is C20H23ClN2O3. The van der Waals surface area contributed by atoms with Crippen molar-refractivity contribution in [3.05, 3.63) is 53.6 Å². The van der Waals surface area contributed by atoms with Crippen molar-refractivity contribution in [3.63, 3.8) is 0 Å². The molecule has 2 aromatic carbocycles. The highest BCUT2D eigenvalue weighted by molar-refractivity contribution is 6.32. The Bertz CT molecular complexity index is 745. The van der Waals surface area contributed by atoms with Crippen molar-refractivity contribution in [1.29, 1.82) is 0 Å². The average Bonchev–Trinajstić information content (AvgIpc) is 2.68. The van der Waals surface area contributed by atoms with Gasteiger partial charge in [0.05, 0.1) is 24.4 Å². The Balaban J connectivity index is 1.47. The first-order valence-electron chi connectivity index (χ1n) is 8.73. The number of anilines is 1. The second-order valence-corrected chi connectivity index (χ2v) is 6.59. The maximum absolute atomic E-state index is 12.5. The van der Waals surface area contributed by atoms with E-state index in [4.69, 9.17) is 21.1 Å². The minimum absolute atomic E-state index is 0.0760. The number of carbonyl (C=O) groups excluding carboxylic acids is 1. The van der Waals surface area contributed by atoms with E-state index in [-0.39, 0.29) is 18.6 Å². The van der Waals surface area contributed by atoms with Crippen LogP contribution in [0.15, 0.2) is 48.5 Å². The number of piperidine rings is 1. The molecule has 5 nitrogen and oxygen atoms in total. The van der Waals surface area contributed by atoms with E-state index >= 15 is 0 Å². The maximum atomic E-state index is 12.5. The zero-order valence-electron chi connectivity index (χ0n) is 14.8. The molecule has 0 radical (unpaired) electrons. The van der Waals surface area contributed by atoms with Gasteiger partial charge in [0.1, 0.15) is 17.6 Å². The lowest BCUT2D eigenvalue weighted by molar-refractivity contribution is -0.131. The Morgan fingerprint density at radius 1 is 1.12 bits per heavy atom. The van der Waals surface area contributed by atoms with E-state index < -0.39 is 0 Å². The van der Waals surface area contributed by atoms with E-state index in [1.54, 1.807) is 7.11 Å². The van der Waals surface area contributed by atoms with Crippen LogP contribution in [0.3, 0.4) is 0 Å². The van der Waals surface area contributed by atoms with Gasteiger partial charge in [0.25, 0.3) is 0 Å². The van der Waals surface area contributed by atoms with Gasteiger partial charge in [0, 0.05) is 25.9 Å². The largest absolute Gasteiger partial charge is 0.495 e. The third-order valence-electron chi connectivity index (χ3n) is 4.46. The summed E-state index contributed by atoms with van der Waals surface area (Å²) < 4.78 is 11.3. The van der Waals surface area contributed by atoms with Crippen LogP contribution in [0.2, 0.25) is 5.02 Å². The normalized spacial score (nSPS) is 14.8. The van der Waals surface area contributed by atoms with Crippen LogP contribution >= 0.6 is 11.6 Å². The highest BCUT2D eigenvalue weighted by Gasteiger charge is 2.24. The molecule has 0 aliphatic carbocycles. The van der Waals surface area contributed by atoms with Crippen molar-refractivity contribution >= 4 is 23.2 Å². The van der Waals surface area contributed by atoms with E-state index in [0.29, 0.717) is 23.9 Å². The van der Waals surface area contributed by atoms with Gasteiger partial charge in [0.2, 0.25) is 5.91 Å². The summed E-state index contributed by atoms with van der Waals surface area (Å²) in [4.78, 5) is 14.3. The molecule has 1 aliphatic heterocycles. The molecule has 1 saturated heterocycles. The van der Waals surface area contributed by atoms with Crippen LogP contribution in [-0.2, 0) is 4.79 Å². The van der Waals surface area contributed by atoms with Gasteiger partial charge < -0.3 is 19.7 Å². The molecule has 1 aliphatic rings. The summed E-state index contributed by atoms with van der Waals surface area (Å²) >= 11 is 6.14. The highest BCUT2D eigenvalue weighted by Crippen LogP contribution is 2.27. The number of nitrogens with one attached hydrogen (secondary N) is 1. The van der Waals surface area contributed by atoms with Crippen LogP contribution in [0.4, 0.5) is 5.69 Å². The minimum atomic E-state index is 0.0760. The third-order valence-corrected chi connectivity index (χ3v) is 4.77. The lowest BCUT2D eigenvalue weighted by atomic mass is 10.1. The predicted molar refractivity (Wildman–Crippen MR) is 103 cm³/mol. The van der Waals surface area contributed by atoms with Crippen LogP contribution in [0, 0.1) is 0 Å². The summed E-state index contributed by atoms with van der Waals surface area (Å²) in [6, 6.07) is 15.0. The second kappa shape index (κ2) is 8.81. The number of para-hydroxylation sites is 3. The van der Waals surface area contributed by atoms with Gasteiger partial charge in [-0.1, -0.05) is 35.9 Å². The first-order valence-corrected chi connectivity index (χ1v) is 9.11. The van der Waals surface area contributed by atoms with Crippen LogP contribution in [0.1, 0.15) is 12.8 Å². The molecule has 0 aromatic heterocycles. The number of halogens is 1. The van der Waals surface area contributed by atoms with Gasteiger partial charge in [-0.3, -0.25) is 4.79 Å². The Morgan fingerprint density at radius 2 is 1.77 bits per heavy atom. The van der Waals surface area contributed by atoms with Crippen LogP contribution in [-0.4, -0.2) is 43.7 Å². The Kier molecular flexibility index (Phi) is 6.23. The van der Waals surface area contributed by atoms with Crippen LogP contribution < -0.4 is 14.8 Å². The molecule has 0 unspecified atom stereocenters. The fourth-order valence-electron chi connectivity index (χ4n) is 3.02. The molecule has 3 rings (SSSR count). The van der Waals surface area contributed by atoms with E-state index in [9.17, 15) is 4.79 Å². The molecule has 0 spiro atoms. The van der Waals surface area contributed by atoms with Gasteiger partial charge in [-0.05, 0) is 24.3 Å². The van der Waals surface area contributed by atoms with E-state index in [0.717, 1.165) is 24.3 Å². The third kappa shape index (κ3) is 4.61. The number of methoxy groups -OCH3 is 1. The summed E-state index contributed by atoms with van der Waals surface area (Å²) in [5, 5.41) is 3.77. The smallest absolute Gasteiger partial charge is 0.241 e. The summed E-state index contributed by atoms with van der Waals surface area (Å²) in [6.07, 6.45) is 1.68. The number of hydrogen-bond donors (Lipinski definition) is 1. The van der Waals surface area contributed by atoms with Crippen molar-refractivity contribution in [2.45, 2.75) is 18.9 Å². The van der Waals surface area contributed by atoms with Crippen LogP contribution in [0.25, 0.3) is 0 Å². The van der Waals surface area contributed by atoms with Gasteiger partial charge >= 0.3 is 0 Å². The summed E-state index contributed by atoms with van der Waals surface area (Å²) in [5.41, 5.74) is 0.820. The molecule has 1 amide bonds. The molecule has 26 heavy (non-hydrogen) atoms. The molecule has 0 saturated carbocycles. The first kappa shape index (κ1) is 18.4. The summed E-state index contributed by atoms with van der Waals surface area (Å²) in [5.74, 6) is 1.51. The molecule has 0 atom stereocenters. The predicted octanol–water partition coefficient (Wildman–Crippen LogP) is 3.83. The average molecular weight is 375 g/mol. The molecule has 0 bridgehead atoms. The number of ether oxygens (including phenoxy) is 2. The number of carbonyl (C=O) groups is 1. The van der Waals surface area contributed by atoms with Crippen LogP contribution in [0.5, 0.6) is 11.5 Å². The van der Waals surface area contributed by atoms with Gasteiger partial charge in [-0.25, -0.2) is 0 Å². The molecule has 1 heterocycles. The zero-order valence-corrected chi connectivity index (χ0v) is 15.5. The standard InChI is InChI=1S/C20H23ClN2O3/c1-25-19-9-5-3-7-17(19)22-14-20(24)23-12-10-15(11-13-23)26-18-8-4-2-6-16(18)21/h2-9,15,22H,10-14H2,1H3. The Labute approximate surface area is 158 Å². The van der Waals surface area contributed by atoms with E-state index in [1.807, 2.05) is 53.4 Å². The topological polar surface area (TPSA) is 50.8 Å². The fraction of sp³-hybridized carbons (Fsp3) is 0.350. The monoisotopic (exact) mass is 374 g/mol. The molecule has 6 heteroatoms. The van der Waals surface area contributed by atoms with E-state index in [1.165, 1.54) is 0 Å².